The number of benzene rings is 1. The number of alkyl halides is 1. The average Bonchev–Trinajstić information content (AvgIpc) is 2.26. The summed E-state index contributed by atoms with van der Waals surface area (Å²) in [7, 11) is 0. The van der Waals surface area contributed by atoms with Crippen LogP contribution in [-0.4, -0.2) is 5.78 Å². The van der Waals surface area contributed by atoms with Crippen molar-refractivity contribution in [3.63, 3.8) is 0 Å². The minimum atomic E-state index is -0.376. The summed E-state index contributed by atoms with van der Waals surface area (Å²) in [5.41, 5.74) is 2.38. The molecule has 0 amide bonds. The quantitative estimate of drug-likeness (QED) is 0.788. The first kappa shape index (κ1) is 11.9. The average molecular weight is 266 g/mol. The van der Waals surface area contributed by atoms with Gasteiger partial charge in [0.25, 0.3) is 0 Å². The lowest BCUT2D eigenvalue weighted by Gasteiger charge is -2.11. The van der Waals surface area contributed by atoms with E-state index in [1.165, 1.54) is 6.92 Å². The molecule has 1 aromatic carbocycles. The number of hydrogen-bond acceptors (Lipinski definition) is 2. The molecule has 0 aliphatic rings. The van der Waals surface area contributed by atoms with E-state index in [1.54, 1.807) is 0 Å². The summed E-state index contributed by atoms with van der Waals surface area (Å²) in [5.74, 6) is 0.0137. The second kappa shape index (κ2) is 5.09. The molecule has 1 aromatic rings. The summed E-state index contributed by atoms with van der Waals surface area (Å²) in [6.45, 7) is 3.51. The Morgan fingerprint density at radius 2 is 2.27 bits per heavy atom. The van der Waals surface area contributed by atoms with E-state index in [0.717, 1.165) is 17.5 Å². The zero-order valence-corrected chi connectivity index (χ0v) is 10.3. The van der Waals surface area contributed by atoms with Crippen molar-refractivity contribution in [1.82, 2.24) is 0 Å². The van der Waals surface area contributed by atoms with Crippen molar-refractivity contribution in [2.45, 2.75) is 25.1 Å². The number of Topliss-reactive ketones (excluding diaryl/α,β-unsaturated/α-hetero) is 1. The molecule has 0 N–H and O–H groups in total. The number of nitriles is 1. The van der Waals surface area contributed by atoms with E-state index < -0.39 is 0 Å². The molecule has 0 aliphatic heterocycles. The topological polar surface area (TPSA) is 40.9 Å². The monoisotopic (exact) mass is 265 g/mol. The van der Waals surface area contributed by atoms with Crippen LogP contribution in [0.2, 0.25) is 0 Å². The van der Waals surface area contributed by atoms with Gasteiger partial charge in [-0.1, -0.05) is 41.1 Å². The molecule has 1 unspecified atom stereocenters. The lowest BCUT2D eigenvalue weighted by molar-refractivity contribution is -0.116. The van der Waals surface area contributed by atoms with Crippen LogP contribution < -0.4 is 0 Å². The number of nitrogens with zero attached hydrogens (tertiary/aromatic N) is 1. The van der Waals surface area contributed by atoms with Crippen molar-refractivity contribution in [2.24, 2.45) is 0 Å². The van der Waals surface area contributed by atoms with E-state index in [2.05, 4.69) is 22.0 Å². The van der Waals surface area contributed by atoms with Gasteiger partial charge < -0.3 is 0 Å². The number of halogens is 1. The molecule has 0 heterocycles. The van der Waals surface area contributed by atoms with E-state index >= 15 is 0 Å². The van der Waals surface area contributed by atoms with E-state index in [1.807, 2.05) is 25.1 Å². The van der Waals surface area contributed by atoms with Gasteiger partial charge in [0.1, 0.15) is 5.78 Å². The SMILES string of the molecule is CCc1cccc(C(Br)C(C)=O)c1C#N. The van der Waals surface area contributed by atoms with Crippen LogP contribution >= 0.6 is 15.9 Å². The third-order valence-electron chi connectivity index (χ3n) is 2.31. The molecule has 15 heavy (non-hydrogen) atoms. The van der Waals surface area contributed by atoms with Crippen LogP contribution in [0.15, 0.2) is 18.2 Å². The van der Waals surface area contributed by atoms with Crippen LogP contribution in [0.25, 0.3) is 0 Å². The second-order valence-electron chi connectivity index (χ2n) is 3.32. The lowest BCUT2D eigenvalue weighted by Crippen LogP contribution is -2.05. The molecular formula is C12H12BrNO. The summed E-state index contributed by atoms with van der Waals surface area (Å²) in [6.07, 6.45) is 0.800. The number of aryl methyl sites for hydroxylation is 1. The predicted octanol–water partition coefficient (Wildman–Crippen LogP) is 3.15. The Bertz CT molecular complexity index is 420. The third-order valence-corrected chi connectivity index (χ3v) is 3.44. The van der Waals surface area contributed by atoms with Crippen LogP contribution in [0.1, 0.15) is 35.4 Å². The zero-order valence-electron chi connectivity index (χ0n) is 8.75. The van der Waals surface area contributed by atoms with Crippen molar-refractivity contribution < 1.29 is 4.79 Å². The minimum Gasteiger partial charge on any atom is -0.298 e. The summed E-state index contributed by atoms with van der Waals surface area (Å²) >= 11 is 3.30. The number of carbonyl (C=O) groups is 1. The Balaban J connectivity index is 3.30. The Labute approximate surface area is 98.0 Å². The number of rotatable bonds is 3. The highest BCUT2D eigenvalue weighted by atomic mass is 79.9. The first-order valence-corrected chi connectivity index (χ1v) is 5.69. The lowest BCUT2D eigenvalue weighted by atomic mass is 9.97. The molecule has 78 valence electrons. The molecule has 0 bridgehead atoms. The van der Waals surface area contributed by atoms with Crippen molar-refractivity contribution in [2.75, 3.05) is 0 Å². The first-order chi connectivity index (χ1) is 7.11. The Hall–Kier alpha value is -1.14. The Morgan fingerprint density at radius 1 is 1.60 bits per heavy atom. The fourth-order valence-electron chi connectivity index (χ4n) is 1.48. The van der Waals surface area contributed by atoms with Gasteiger partial charge in [-0.3, -0.25) is 4.79 Å². The van der Waals surface area contributed by atoms with Gasteiger partial charge >= 0.3 is 0 Å². The van der Waals surface area contributed by atoms with Crippen LogP contribution in [-0.2, 0) is 11.2 Å². The molecule has 0 saturated heterocycles. The maximum Gasteiger partial charge on any atom is 0.147 e. The van der Waals surface area contributed by atoms with Gasteiger partial charge in [0.15, 0.2) is 0 Å². The largest absolute Gasteiger partial charge is 0.298 e. The summed E-state index contributed by atoms with van der Waals surface area (Å²) in [5, 5.41) is 9.08. The first-order valence-electron chi connectivity index (χ1n) is 4.78. The maximum atomic E-state index is 11.3. The molecule has 1 rings (SSSR count). The fraction of sp³-hybridized carbons (Fsp3) is 0.333. The molecule has 0 aliphatic carbocycles. The van der Waals surface area contributed by atoms with E-state index in [9.17, 15) is 4.79 Å². The summed E-state index contributed by atoms with van der Waals surface area (Å²) in [4.78, 5) is 10.9. The molecule has 0 spiro atoms. The van der Waals surface area contributed by atoms with Crippen molar-refractivity contribution >= 4 is 21.7 Å². The number of hydrogen-bond donors (Lipinski definition) is 0. The van der Waals surface area contributed by atoms with E-state index in [4.69, 9.17) is 5.26 Å². The molecule has 0 saturated carbocycles. The second-order valence-corrected chi connectivity index (χ2v) is 4.24. The molecule has 0 radical (unpaired) electrons. The van der Waals surface area contributed by atoms with Crippen LogP contribution in [0.3, 0.4) is 0 Å². The van der Waals surface area contributed by atoms with Gasteiger partial charge in [0.05, 0.1) is 16.5 Å². The van der Waals surface area contributed by atoms with Crippen molar-refractivity contribution in [3.05, 3.63) is 34.9 Å². The highest BCUT2D eigenvalue weighted by Gasteiger charge is 2.17. The van der Waals surface area contributed by atoms with E-state index in [-0.39, 0.29) is 10.6 Å². The Morgan fingerprint density at radius 3 is 2.73 bits per heavy atom. The third kappa shape index (κ3) is 2.45. The van der Waals surface area contributed by atoms with E-state index in [0.29, 0.717) is 5.56 Å². The summed E-state index contributed by atoms with van der Waals surface area (Å²) in [6, 6.07) is 7.79. The zero-order chi connectivity index (χ0) is 11.4. The summed E-state index contributed by atoms with van der Waals surface area (Å²) < 4.78 is 0. The predicted molar refractivity (Wildman–Crippen MR) is 62.9 cm³/mol. The molecule has 2 nitrogen and oxygen atoms in total. The maximum absolute atomic E-state index is 11.3. The molecule has 0 fully saturated rings. The van der Waals surface area contributed by atoms with Gasteiger partial charge in [-0.15, -0.1) is 0 Å². The molecule has 0 aromatic heterocycles. The Kier molecular flexibility index (Phi) is 4.05. The molecule has 3 heteroatoms. The van der Waals surface area contributed by atoms with Crippen LogP contribution in [0, 0.1) is 11.3 Å². The van der Waals surface area contributed by atoms with Gasteiger partial charge in [0, 0.05) is 0 Å². The van der Waals surface area contributed by atoms with Crippen LogP contribution in [0.4, 0.5) is 0 Å². The van der Waals surface area contributed by atoms with Crippen molar-refractivity contribution in [1.29, 1.82) is 5.26 Å². The van der Waals surface area contributed by atoms with Gasteiger partial charge in [-0.25, -0.2) is 0 Å². The number of carbonyl (C=O) groups excluding carboxylic acids is 1. The normalized spacial score (nSPS) is 11.9. The standard InChI is InChI=1S/C12H12BrNO/c1-3-9-5-4-6-10(11(9)7-14)12(13)8(2)15/h4-6,12H,3H2,1-2H3. The molecule has 1 atom stereocenters. The highest BCUT2D eigenvalue weighted by molar-refractivity contribution is 9.09. The van der Waals surface area contributed by atoms with Gasteiger partial charge in [-0.2, -0.15) is 5.26 Å². The number of ketones is 1. The minimum absolute atomic E-state index is 0.0137. The van der Waals surface area contributed by atoms with Crippen molar-refractivity contribution in [3.8, 4) is 6.07 Å². The highest BCUT2D eigenvalue weighted by Crippen LogP contribution is 2.28. The smallest absolute Gasteiger partial charge is 0.147 e. The molecular weight excluding hydrogens is 254 g/mol. The van der Waals surface area contributed by atoms with Gasteiger partial charge in [0.2, 0.25) is 0 Å². The van der Waals surface area contributed by atoms with Gasteiger partial charge in [-0.05, 0) is 24.5 Å². The van der Waals surface area contributed by atoms with Crippen LogP contribution in [0.5, 0.6) is 0 Å². The fourth-order valence-corrected chi connectivity index (χ4v) is 1.86.